The molecule has 1 aliphatic heterocycles. The molecule has 0 N–H and O–H groups in total. The monoisotopic (exact) mass is 371 g/mol. The maximum atomic E-state index is 5.56. The van der Waals surface area contributed by atoms with Gasteiger partial charge in [-0.25, -0.2) is 0 Å². The molecule has 1 aliphatic rings. The number of rotatable bonds is 15. The smallest absolute Gasteiger partial charge is 0.282 e. The standard InChI is InChI=1S/C22H45NO3/c1-6-7-8-9-10-12-21(19-22(24-3,25-4)26-5)13-11-16-23-17-14-20(2)15-18-23/h20-21H,6-19H2,1-5H3. The second-order valence-electron chi connectivity index (χ2n) is 8.23. The van der Waals surface area contributed by atoms with Crippen molar-refractivity contribution in [3.63, 3.8) is 0 Å². The normalized spacial score (nSPS) is 18.3. The van der Waals surface area contributed by atoms with Crippen molar-refractivity contribution in [3.8, 4) is 0 Å². The van der Waals surface area contributed by atoms with E-state index in [9.17, 15) is 0 Å². The first-order valence-electron chi connectivity index (χ1n) is 11.0. The number of ether oxygens (including phenoxy) is 3. The summed E-state index contributed by atoms with van der Waals surface area (Å²) in [6.45, 7) is 8.45. The third-order valence-corrected chi connectivity index (χ3v) is 6.15. The summed E-state index contributed by atoms with van der Waals surface area (Å²) >= 11 is 0. The molecule has 0 saturated carbocycles. The molecule has 0 bridgehead atoms. The van der Waals surface area contributed by atoms with Crippen LogP contribution in [0.5, 0.6) is 0 Å². The van der Waals surface area contributed by atoms with E-state index in [2.05, 4.69) is 18.7 Å². The van der Waals surface area contributed by atoms with Gasteiger partial charge in [0, 0.05) is 27.8 Å². The van der Waals surface area contributed by atoms with Gasteiger partial charge >= 0.3 is 0 Å². The van der Waals surface area contributed by atoms with E-state index in [0.717, 1.165) is 12.3 Å². The molecule has 1 heterocycles. The molecule has 0 aromatic rings. The summed E-state index contributed by atoms with van der Waals surface area (Å²) < 4.78 is 16.7. The molecule has 0 aromatic carbocycles. The highest BCUT2D eigenvalue weighted by Crippen LogP contribution is 2.30. The van der Waals surface area contributed by atoms with Gasteiger partial charge in [-0.2, -0.15) is 0 Å². The van der Waals surface area contributed by atoms with Crippen molar-refractivity contribution >= 4 is 0 Å². The van der Waals surface area contributed by atoms with Crippen LogP contribution in [0, 0.1) is 11.8 Å². The largest absolute Gasteiger partial charge is 0.331 e. The summed E-state index contributed by atoms with van der Waals surface area (Å²) in [4.78, 5) is 2.65. The zero-order chi connectivity index (χ0) is 19.3. The van der Waals surface area contributed by atoms with Gasteiger partial charge < -0.3 is 19.1 Å². The van der Waals surface area contributed by atoms with Crippen LogP contribution in [0.25, 0.3) is 0 Å². The van der Waals surface area contributed by atoms with Crippen LogP contribution in [-0.2, 0) is 14.2 Å². The maximum Gasteiger partial charge on any atom is 0.282 e. The minimum atomic E-state index is -0.880. The second-order valence-corrected chi connectivity index (χ2v) is 8.23. The number of likely N-dealkylation sites (tertiary alicyclic amines) is 1. The molecule has 0 amide bonds. The van der Waals surface area contributed by atoms with E-state index in [1.807, 2.05) is 0 Å². The fraction of sp³-hybridized carbons (Fsp3) is 1.00. The predicted molar refractivity (Wildman–Crippen MR) is 109 cm³/mol. The zero-order valence-electron chi connectivity index (χ0n) is 18.2. The fourth-order valence-corrected chi connectivity index (χ4v) is 4.13. The van der Waals surface area contributed by atoms with Crippen molar-refractivity contribution in [2.45, 2.75) is 90.4 Å². The average molecular weight is 372 g/mol. The Kier molecular flexibility index (Phi) is 12.8. The number of nitrogens with zero attached hydrogens (tertiary/aromatic N) is 1. The van der Waals surface area contributed by atoms with Crippen LogP contribution in [0.3, 0.4) is 0 Å². The lowest BCUT2D eigenvalue weighted by Gasteiger charge is -2.33. The molecule has 1 fully saturated rings. The number of methoxy groups -OCH3 is 3. The Balaban J connectivity index is 2.42. The quantitative estimate of drug-likeness (QED) is 0.282. The molecule has 4 heteroatoms. The van der Waals surface area contributed by atoms with E-state index in [0.29, 0.717) is 5.92 Å². The highest BCUT2D eigenvalue weighted by atomic mass is 16.9. The minimum absolute atomic E-state index is 0.597. The lowest BCUT2D eigenvalue weighted by molar-refractivity contribution is -0.359. The second kappa shape index (κ2) is 13.9. The lowest BCUT2D eigenvalue weighted by atomic mass is 9.91. The van der Waals surface area contributed by atoms with Crippen molar-refractivity contribution < 1.29 is 14.2 Å². The van der Waals surface area contributed by atoms with Crippen molar-refractivity contribution in [1.82, 2.24) is 4.90 Å². The lowest BCUT2D eigenvalue weighted by Crippen LogP contribution is -2.38. The van der Waals surface area contributed by atoms with Gasteiger partial charge in [0.2, 0.25) is 0 Å². The first kappa shape index (κ1) is 23.9. The first-order valence-corrected chi connectivity index (χ1v) is 11.0. The molecule has 0 radical (unpaired) electrons. The highest BCUT2D eigenvalue weighted by molar-refractivity contribution is 4.72. The van der Waals surface area contributed by atoms with E-state index < -0.39 is 5.97 Å². The molecule has 0 aliphatic carbocycles. The Morgan fingerprint density at radius 3 is 2.04 bits per heavy atom. The Morgan fingerprint density at radius 1 is 0.885 bits per heavy atom. The van der Waals surface area contributed by atoms with E-state index >= 15 is 0 Å². The van der Waals surface area contributed by atoms with E-state index in [1.54, 1.807) is 21.3 Å². The van der Waals surface area contributed by atoms with Gasteiger partial charge in [-0.1, -0.05) is 52.4 Å². The molecule has 0 spiro atoms. The molecule has 1 rings (SSSR count). The summed E-state index contributed by atoms with van der Waals surface area (Å²) in [5, 5.41) is 0. The highest BCUT2D eigenvalue weighted by Gasteiger charge is 2.33. The van der Waals surface area contributed by atoms with Gasteiger partial charge in [-0.05, 0) is 57.2 Å². The Bertz CT molecular complexity index is 317. The van der Waals surface area contributed by atoms with Crippen LogP contribution >= 0.6 is 0 Å². The Labute approximate surface area is 162 Å². The number of hydrogen-bond donors (Lipinski definition) is 0. The molecule has 26 heavy (non-hydrogen) atoms. The molecule has 156 valence electrons. The molecular weight excluding hydrogens is 326 g/mol. The van der Waals surface area contributed by atoms with E-state index in [-0.39, 0.29) is 0 Å². The summed E-state index contributed by atoms with van der Waals surface area (Å²) in [7, 11) is 5.04. The van der Waals surface area contributed by atoms with Gasteiger partial charge in [0.05, 0.1) is 0 Å². The fourth-order valence-electron chi connectivity index (χ4n) is 4.13. The van der Waals surface area contributed by atoms with Crippen LogP contribution in [-0.4, -0.2) is 51.8 Å². The third kappa shape index (κ3) is 9.16. The molecule has 1 unspecified atom stereocenters. The topological polar surface area (TPSA) is 30.9 Å². The molecule has 0 aromatic heterocycles. The van der Waals surface area contributed by atoms with E-state index in [1.165, 1.54) is 83.8 Å². The van der Waals surface area contributed by atoms with Gasteiger partial charge in [0.25, 0.3) is 5.97 Å². The first-order chi connectivity index (χ1) is 12.6. The SMILES string of the molecule is CCCCCCCC(CCCN1CCC(C)CC1)CC(OC)(OC)OC. The summed E-state index contributed by atoms with van der Waals surface area (Å²) in [6, 6.07) is 0. The Morgan fingerprint density at radius 2 is 1.46 bits per heavy atom. The third-order valence-electron chi connectivity index (χ3n) is 6.15. The van der Waals surface area contributed by atoms with Crippen molar-refractivity contribution in [2.75, 3.05) is 41.0 Å². The van der Waals surface area contributed by atoms with Gasteiger partial charge in [-0.3, -0.25) is 0 Å². The van der Waals surface area contributed by atoms with Gasteiger partial charge in [0.15, 0.2) is 0 Å². The van der Waals surface area contributed by atoms with Crippen molar-refractivity contribution in [2.24, 2.45) is 11.8 Å². The number of hydrogen-bond acceptors (Lipinski definition) is 4. The van der Waals surface area contributed by atoms with Crippen LogP contribution in [0.2, 0.25) is 0 Å². The van der Waals surface area contributed by atoms with Crippen molar-refractivity contribution in [3.05, 3.63) is 0 Å². The van der Waals surface area contributed by atoms with Crippen molar-refractivity contribution in [1.29, 1.82) is 0 Å². The van der Waals surface area contributed by atoms with E-state index in [4.69, 9.17) is 14.2 Å². The van der Waals surface area contributed by atoms with Crippen LogP contribution in [0.15, 0.2) is 0 Å². The zero-order valence-corrected chi connectivity index (χ0v) is 18.2. The molecule has 1 saturated heterocycles. The van der Waals surface area contributed by atoms with Gasteiger partial charge in [-0.15, -0.1) is 0 Å². The minimum Gasteiger partial charge on any atom is -0.331 e. The Hall–Kier alpha value is -0.160. The molecular formula is C22H45NO3. The predicted octanol–water partition coefficient (Wildman–Crippen LogP) is 5.46. The van der Waals surface area contributed by atoms with Gasteiger partial charge in [0.1, 0.15) is 0 Å². The van der Waals surface area contributed by atoms with Crippen LogP contribution in [0.4, 0.5) is 0 Å². The molecule has 4 nitrogen and oxygen atoms in total. The average Bonchev–Trinajstić information content (AvgIpc) is 2.67. The summed E-state index contributed by atoms with van der Waals surface area (Å²) in [5.74, 6) is 0.627. The van der Waals surface area contributed by atoms with Crippen LogP contribution in [0.1, 0.15) is 84.5 Å². The summed E-state index contributed by atoms with van der Waals surface area (Å²) in [6.07, 6.45) is 14.0. The van der Waals surface area contributed by atoms with Crippen LogP contribution < -0.4 is 0 Å². The number of unbranched alkanes of at least 4 members (excludes halogenated alkanes) is 4. The summed E-state index contributed by atoms with van der Waals surface area (Å²) in [5.41, 5.74) is 0. The number of piperidine rings is 1. The maximum absolute atomic E-state index is 5.56. The molecule has 1 atom stereocenters.